The fourth-order valence-electron chi connectivity index (χ4n) is 15.4. The maximum atomic E-state index is 12.9. The summed E-state index contributed by atoms with van der Waals surface area (Å²) in [6.07, 6.45) is -26.1. The van der Waals surface area contributed by atoms with Crippen molar-refractivity contribution in [3.63, 3.8) is 0 Å². The van der Waals surface area contributed by atoms with Crippen molar-refractivity contribution < 1.29 is 119 Å². The zero-order valence-electron chi connectivity index (χ0n) is 46.7. The molecule has 0 aromatic rings. The largest absolute Gasteiger partial charge is 0.463 e. The molecule has 0 amide bonds. The summed E-state index contributed by atoms with van der Waals surface area (Å²) in [4.78, 5) is 11.9. The van der Waals surface area contributed by atoms with Crippen LogP contribution in [-0.2, 0) is 47.4 Å². The quantitative estimate of drug-likeness (QED) is 0.0581. The molecule has 0 bridgehead atoms. The molecule has 8 aliphatic rings. The summed E-state index contributed by atoms with van der Waals surface area (Å²) < 4.78 is 54.0. The smallest absolute Gasteiger partial charge is 0.302 e. The zero-order valence-corrected chi connectivity index (χ0v) is 46.7. The molecule has 14 N–H and O–H groups in total. The number of ether oxygens (including phenoxy) is 9. The molecule has 8 rings (SSSR count). The van der Waals surface area contributed by atoms with Gasteiger partial charge in [-0.1, -0.05) is 57.9 Å². The minimum Gasteiger partial charge on any atom is -0.463 e. The van der Waals surface area contributed by atoms with Crippen molar-refractivity contribution in [1.82, 2.24) is 0 Å². The van der Waals surface area contributed by atoms with Gasteiger partial charge in [0.15, 0.2) is 25.2 Å². The first-order valence-corrected chi connectivity index (χ1v) is 28.0. The van der Waals surface area contributed by atoms with Gasteiger partial charge in [0, 0.05) is 17.8 Å². The number of hydrogen-bond acceptors (Lipinski definition) is 24. The molecule has 24 nitrogen and oxygen atoms in total. The van der Waals surface area contributed by atoms with E-state index in [1.807, 2.05) is 40.7 Å². The van der Waals surface area contributed by atoms with Crippen LogP contribution in [0.2, 0.25) is 0 Å². The number of carbonyl (C=O) groups excluding carboxylic acids is 1. The normalized spacial score (nSPS) is 50.5. The first-order chi connectivity index (χ1) is 36.9. The fourth-order valence-corrected chi connectivity index (χ4v) is 15.4. The predicted octanol–water partition coefficient (Wildman–Crippen LogP) is -2.10. The van der Waals surface area contributed by atoms with Crippen LogP contribution < -0.4 is 0 Å². The van der Waals surface area contributed by atoms with Crippen molar-refractivity contribution in [1.29, 1.82) is 0 Å². The standard InChI is InChI=1S/C55H90O24/c1-23(2)11-10-14-54(8,79-49-45(70)41(66)38(63)30(75-49)22-73-47-43(68)36(61)27(59)20-72-47)25-12-16-53(7)35(25)26(58)17-32-52(6)15-13-34(51(4,5)31(52)18-33(60)55(32,53)9)77-50-46(42(67)39(64)29(76-50)21-71-24(3)57)78-48-44(69)40(65)37(62)28(19-56)74-48/h11,18,25-30,32-50,56,58-70H,10,12-17,19-22H2,1-9H3. The molecule has 4 saturated heterocycles. The van der Waals surface area contributed by atoms with E-state index < -0.39 is 200 Å². The molecule has 24 heteroatoms. The lowest BCUT2D eigenvalue weighted by molar-refractivity contribution is -0.375. The number of aliphatic hydroxyl groups is 14. The van der Waals surface area contributed by atoms with Crippen molar-refractivity contribution in [3.05, 3.63) is 23.3 Å². The number of fused-ring (bicyclic) bond motifs is 5. The highest BCUT2D eigenvalue weighted by Gasteiger charge is 2.73. The van der Waals surface area contributed by atoms with Gasteiger partial charge in [-0.25, -0.2) is 0 Å². The molecule has 7 fully saturated rings. The van der Waals surface area contributed by atoms with Crippen molar-refractivity contribution in [2.75, 3.05) is 26.4 Å². The molecule has 29 unspecified atom stereocenters. The van der Waals surface area contributed by atoms with Crippen LogP contribution >= 0.6 is 0 Å². The van der Waals surface area contributed by atoms with Gasteiger partial charge in [0.05, 0.1) is 43.7 Å². The van der Waals surface area contributed by atoms with Crippen LogP contribution in [-0.4, -0.2) is 245 Å². The van der Waals surface area contributed by atoms with Gasteiger partial charge >= 0.3 is 5.97 Å². The zero-order chi connectivity index (χ0) is 58.2. The average molecular weight is 1140 g/mol. The molecule has 454 valence electrons. The molecule has 3 saturated carbocycles. The Kier molecular flexibility index (Phi) is 19.0. The fraction of sp³-hybridized carbons (Fsp3) is 0.909. The lowest BCUT2D eigenvalue weighted by atomic mass is 9.37. The maximum Gasteiger partial charge on any atom is 0.302 e. The summed E-state index contributed by atoms with van der Waals surface area (Å²) in [6.45, 7) is 15.2. The van der Waals surface area contributed by atoms with Gasteiger partial charge in [-0.05, 0) is 94.3 Å². The summed E-state index contributed by atoms with van der Waals surface area (Å²) >= 11 is 0. The molecule has 4 heterocycles. The van der Waals surface area contributed by atoms with E-state index in [1.54, 1.807) is 0 Å². The molecule has 79 heavy (non-hydrogen) atoms. The average Bonchev–Trinajstić information content (AvgIpc) is 3.06. The molecule has 0 aromatic heterocycles. The van der Waals surface area contributed by atoms with E-state index in [-0.39, 0.29) is 18.9 Å². The van der Waals surface area contributed by atoms with Crippen LogP contribution in [0.3, 0.4) is 0 Å². The lowest BCUT2D eigenvalue weighted by Gasteiger charge is -2.69. The molecule has 4 aliphatic carbocycles. The van der Waals surface area contributed by atoms with Gasteiger partial charge in [0.1, 0.15) is 98.2 Å². The first kappa shape index (κ1) is 63.1. The van der Waals surface area contributed by atoms with E-state index in [0.29, 0.717) is 38.5 Å². The maximum absolute atomic E-state index is 12.9. The van der Waals surface area contributed by atoms with Gasteiger partial charge in [-0.15, -0.1) is 0 Å². The predicted molar refractivity (Wildman–Crippen MR) is 271 cm³/mol. The summed E-state index contributed by atoms with van der Waals surface area (Å²) in [6, 6.07) is 0. The summed E-state index contributed by atoms with van der Waals surface area (Å²) in [7, 11) is 0. The second kappa shape index (κ2) is 23.8. The lowest BCUT2D eigenvalue weighted by Crippen LogP contribution is -2.68. The van der Waals surface area contributed by atoms with Crippen LogP contribution in [0.15, 0.2) is 23.3 Å². The highest BCUT2D eigenvalue weighted by Crippen LogP contribution is 2.75. The minimum atomic E-state index is -1.88. The Labute approximate surface area is 460 Å². The molecule has 29 atom stereocenters. The van der Waals surface area contributed by atoms with E-state index in [0.717, 1.165) is 18.1 Å². The SMILES string of the molecule is CC(=O)OCC1OC(OC2CCC3(C)C(=CC(O)C4(C)C3CC(O)C3C(C(C)(CCC=C(C)C)OC5OC(COC6OCC(O)C(O)C6O)C(O)C(O)C5O)CCC34C)C2(C)C)C(OC2OC(CO)C(O)C(O)C2O)C(O)C1O. The highest BCUT2D eigenvalue weighted by atomic mass is 16.8. The first-order valence-electron chi connectivity index (χ1n) is 28.0. The Bertz CT molecular complexity index is 2160. The number of carbonyl (C=O) groups is 1. The van der Waals surface area contributed by atoms with Crippen LogP contribution in [0.4, 0.5) is 0 Å². The third kappa shape index (κ3) is 11.3. The third-order valence-electron chi connectivity index (χ3n) is 20.2. The van der Waals surface area contributed by atoms with Gasteiger partial charge in [-0.3, -0.25) is 4.79 Å². The summed E-state index contributed by atoms with van der Waals surface area (Å²) in [5.41, 5.74) is -2.40. The summed E-state index contributed by atoms with van der Waals surface area (Å²) in [5, 5.41) is 155. The van der Waals surface area contributed by atoms with Crippen molar-refractivity contribution in [2.24, 2.45) is 39.4 Å². The third-order valence-corrected chi connectivity index (χ3v) is 20.2. The van der Waals surface area contributed by atoms with Crippen molar-refractivity contribution in [2.45, 2.75) is 248 Å². The second-order valence-corrected chi connectivity index (χ2v) is 25.5. The van der Waals surface area contributed by atoms with Crippen LogP contribution in [0.5, 0.6) is 0 Å². The van der Waals surface area contributed by atoms with Crippen LogP contribution in [0.1, 0.15) is 107 Å². The van der Waals surface area contributed by atoms with Crippen LogP contribution in [0, 0.1) is 39.4 Å². The molecule has 4 aliphatic heterocycles. The Hall–Kier alpha value is -1.93. The number of rotatable bonds is 16. The Balaban J connectivity index is 1.06. The summed E-state index contributed by atoms with van der Waals surface area (Å²) in [5.74, 6) is -1.86. The number of aliphatic hydroxyl groups excluding tert-OH is 14. The van der Waals surface area contributed by atoms with E-state index in [9.17, 15) is 76.3 Å². The van der Waals surface area contributed by atoms with Crippen LogP contribution in [0.25, 0.3) is 0 Å². The van der Waals surface area contributed by atoms with E-state index in [4.69, 9.17) is 42.6 Å². The van der Waals surface area contributed by atoms with E-state index in [1.165, 1.54) is 0 Å². The van der Waals surface area contributed by atoms with Gasteiger partial charge in [-0.2, -0.15) is 0 Å². The minimum absolute atomic E-state index is 0.278. The van der Waals surface area contributed by atoms with Crippen molar-refractivity contribution in [3.8, 4) is 0 Å². The van der Waals surface area contributed by atoms with Crippen molar-refractivity contribution >= 4 is 5.97 Å². The molecule has 0 spiro atoms. The monoisotopic (exact) mass is 1130 g/mol. The number of hydrogen-bond donors (Lipinski definition) is 14. The number of allylic oxidation sites excluding steroid dienone is 2. The van der Waals surface area contributed by atoms with E-state index in [2.05, 4.69) is 26.8 Å². The molecule has 0 aromatic carbocycles. The Morgan fingerprint density at radius 1 is 0.684 bits per heavy atom. The van der Waals surface area contributed by atoms with Gasteiger partial charge in [0.25, 0.3) is 0 Å². The Morgan fingerprint density at radius 2 is 1.28 bits per heavy atom. The topological polar surface area (TPSA) is 383 Å². The van der Waals surface area contributed by atoms with E-state index >= 15 is 0 Å². The molecule has 0 radical (unpaired) electrons. The van der Waals surface area contributed by atoms with Gasteiger partial charge in [0.2, 0.25) is 0 Å². The molecular formula is C55H90O24. The second-order valence-electron chi connectivity index (χ2n) is 25.5. The highest BCUT2D eigenvalue weighted by molar-refractivity contribution is 5.65. The Morgan fingerprint density at radius 3 is 1.92 bits per heavy atom. The molecular weight excluding hydrogens is 1040 g/mol. The number of esters is 1. The van der Waals surface area contributed by atoms with Gasteiger partial charge < -0.3 is 114 Å².